The lowest BCUT2D eigenvalue weighted by molar-refractivity contribution is -0.140. The van der Waals surface area contributed by atoms with Gasteiger partial charge in [0.2, 0.25) is 0 Å². The lowest BCUT2D eigenvalue weighted by atomic mass is 9.94. The molecule has 3 aliphatic rings. The van der Waals surface area contributed by atoms with Gasteiger partial charge < -0.3 is 9.74 Å². The smallest absolute Gasteiger partial charge is 0.351 e. The Morgan fingerprint density at radius 1 is 0.864 bits per heavy atom. The maximum absolute atomic E-state index is 12.3. The van der Waals surface area contributed by atoms with Crippen LogP contribution in [0.25, 0.3) is 0 Å². The van der Waals surface area contributed by atoms with Gasteiger partial charge in [-0.2, -0.15) is 0 Å². The van der Waals surface area contributed by atoms with Crippen LogP contribution in [-0.2, 0) is 4.84 Å². The van der Waals surface area contributed by atoms with Gasteiger partial charge in [-0.05, 0) is 39.0 Å². The molecule has 2 aliphatic heterocycles. The molecule has 2 saturated heterocycles. The molecule has 126 valence electrons. The fourth-order valence-electron chi connectivity index (χ4n) is 4.14. The lowest BCUT2D eigenvalue weighted by Crippen LogP contribution is -2.53. The van der Waals surface area contributed by atoms with Crippen LogP contribution in [0.1, 0.15) is 58.3 Å². The maximum Gasteiger partial charge on any atom is 0.429 e. The molecule has 5 heteroatoms. The van der Waals surface area contributed by atoms with Gasteiger partial charge in [-0.15, -0.1) is 5.06 Å². The Morgan fingerprint density at radius 3 is 2.23 bits per heavy atom. The number of carbonyl (C=O) groups excluding carboxylic acids is 1. The minimum Gasteiger partial charge on any atom is -0.351 e. The van der Waals surface area contributed by atoms with E-state index in [1.807, 2.05) is 9.96 Å². The second-order valence-electron chi connectivity index (χ2n) is 7.15. The van der Waals surface area contributed by atoms with Gasteiger partial charge in [0.25, 0.3) is 0 Å². The topological polar surface area (TPSA) is 36.0 Å². The molecule has 1 unspecified atom stereocenters. The third kappa shape index (κ3) is 3.93. The highest BCUT2D eigenvalue weighted by Crippen LogP contribution is 2.24. The largest absolute Gasteiger partial charge is 0.429 e. The summed E-state index contributed by atoms with van der Waals surface area (Å²) in [6.07, 6.45) is 10.2. The Hall–Kier alpha value is -0.810. The first kappa shape index (κ1) is 16.1. The summed E-state index contributed by atoms with van der Waals surface area (Å²) in [7, 11) is 0. The van der Waals surface area contributed by atoms with E-state index in [2.05, 4.69) is 11.8 Å². The highest BCUT2D eigenvalue weighted by molar-refractivity contribution is 5.67. The van der Waals surface area contributed by atoms with E-state index >= 15 is 0 Å². The number of amides is 1. The van der Waals surface area contributed by atoms with E-state index in [9.17, 15) is 4.79 Å². The molecule has 5 nitrogen and oxygen atoms in total. The van der Waals surface area contributed by atoms with Gasteiger partial charge in [0, 0.05) is 44.8 Å². The molecule has 1 saturated carbocycles. The number of nitrogens with zero attached hydrogens (tertiary/aromatic N) is 3. The fraction of sp³-hybridized carbons (Fsp3) is 0.941. The summed E-state index contributed by atoms with van der Waals surface area (Å²) in [4.78, 5) is 22.4. The van der Waals surface area contributed by atoms with E-state index < -0.39 is 0 Å². The number of likely N-dealkylation sites (tertiary alicyclic amines) is 1. The number of carbonyl (C=O) groups is 1. The average molecular weight is 309 g/mol. The highest BCUT2D eigenvalue weighted by atomic mass is 16.7. The van der Waals surface area contributed by atoms with E-state index in [0.29, 0.717) is 6.04 Å². The summed E-state index contributed by atoms with van der Waals surface area (Å²) >= 11 is 0. The molecule has 22 heavy (non-hydrogen) atoms. The van der Waals surface area contributed by atoms with Crippen molar-refractivity contribution in [3.05, 3.63) is 0 Å². The van der Waals surface area contributed by atoms with Crippen molar-refractivity contribution in [2.45, 2.75) is 70.4 Å². The number of rotatable bonds is 2. The van der Waals surface area contributed by atoms with E-state index in [0.717, 1.165) is 51.6 Å². The first-order chi connectivity index (χ1) is 10.7. The third-order valence-electron chi connectivity index (χ3n) is 5.61. The number of hydrogen-bond acceptors (Lipinski definition) is 4. The zero-order valence-electron chi connectivity index (χ0n) is 14.0. The highest BCUT2D eigenvalue weighted by Gasteiger charge is 2.29. The van der Waals surface area contributed by atoms with Crippen molar-refractivity contribution >= 4 is 6.09 Å². The van der Waals surface area contributed by atoms with Crippen molar-refractivity contribution in [1.82, 2.24) is 14.9 Å². The lowest BCUT2D eigenvalue weighted by Gasteiger charge is -2.40. The standard InChI is InChI=1S/C17H31N3O2/c1-15-7-5-6-10-20(15)17(21)22-19-13-11-18(12-14-19)16-8-3-2-4-9-16/h15-16H,2-14H2,1H3. The quantitative estimate of drug-likeness (QED) is 0.786. The molecule has 0 aromatic rings. The number of hydrogen-bond donors (Lipinski definition) is 0. The van der Waals surface area contributed by atoms with Crippen molar-refractivity contribution in [1.29, 1.82) is 0 Å². The maximum atomic E-state index is 12.3. The molecular formula is C17H31N3O2. The van der Waals surface area contributed by atoms with Crippen molar-refractivity contribution in [2.75, 3.05) is 32.7 Å². The Morgan fingerprint density at radius 2 is 1.55 bits per heavy atom. The number of hydroxylamine groups is 2. The van der Waals surface area contributed by atoms with Gasteiger partial charge >= 0.3 is 6.09 Å². The van der Waals surface area contributed by atoms with Gasteiger partial charge in [-0.1, -0.05) is 19.3 Å². The second kappa shape index (κ2) is 7.64. The van der Waals surface area contributed by atoms with Gasteiger partial charge in [0.15, 0.2) is 0 Å². The molecule has 2 heterocycles. The Labute approximate surface area is 134 Å². The number of piperazine rings is 1. The molecule has 3 rings (SSSR count). The van der Waals surface area contributed by atoms with E-state index in [-0.39, 0.29) is 6.09 Å². The van der Waals surface area contributed by atoms with Crippen LogP contribution in [0.3, 0.4) is 0 Å². The van der Waals surface area contributed by atoms with Gasteiger partial charge in [-0.3, -0.25) is 4.90 Å². The summed E-state index contributed by atoms with van der Waals surface area (Å²) in [5.74, 6) is 0. The molecule has 1 atom stereocenters. The van der Waals surface area contributed by atoms with Crippen LogP contribution in [0.2, 0.25) is 0 Å². The van der Waals surface area contributed by atoms with Crippen molar-refractivity contribution in [3.8, 4) is 0 Å². The summed E-state index contributed by atoms with van der Waals surface area (Å²) in [5.41, 5.74) is 0. The van der Waals surface area contributed by atoms with Crippen LogP contribution in [0.5, 0.6) is 0 Å². The monoisotopic (exact) mass is 309 g/mol. The molecule has 1 amide bonds. The first-order valence-corrected chi connectivity index (χ1v) is 9.21. The minimum absolute atomic E-state index is 0.140. The molecule has 3 fully saturated rings. The van der Waals surface area contributed by atoms with Crippen LogP contribution >= 0.6 is 0 Å². The van der Waals surface area contributed by atoms with Gasteiger partial charge in [0.1, 0.15) is 0 Å². The van der Waals surface area contributed by atoms with E-state index in [1.165, 1.54) is 38.5 Å². The van der Waals surface area contributed by atoms with Crippen LogP contribution in [-0.4, -0.2) is 65.8 Å². The summed E-state index contributed by atoms with van der Waals surface area (Å²) in [6, 6.07) is 1.10. The second-order valence-corrected chi connectivity index (χ2v) is 7.15. The fourth-order valence-corrected chi connectivity index (χ4v) is 4.14. The molecular weight excluding hydrogens is 278 g/mol. The molecule has 1 aliphatic carbocycles. The van der Waals surface area contributed by atoms with Crippen molar-refractivity contribution < 1.29 is 9.63 Å². The Balaban J connectivity index is 1.42. The average Bonchev–Trinajstić information content (AvgIpc) is 2.57. The summed E-state index contributed by atoms with van der Waals surface area (Å²) in [5, 5.41) is 1.88. The molecule has 0 aromatic carbocycles. The Bertz CT molecular complexity index is 363. The SMILES string of the molecule is CC1CCCCN1C(=O)ON1CCN(C2CCCCC2)CC1. The molecule has 0 aromatic heterocycles. The third-order valence-corrected chi connectivity index (χ3v) is 5.61. The molecule has 0 spiro atoms. The van der Waals surface area contributed by atoms with Crippen molar-refractivity contribution in [3.63, 3.8) is 0 Å². The van der Waals surface area contributed by atoms with Crippen LogP contribution in [0.15, 0.2) is 0 Å². The van der Waals surface area contributed by atoms with E-state index in [1.54, 1.807) is 0 Å². The molecule has 0 N–H and O–H groups in total. The van der Waals surface area contributed by atoms with Crippen LogP contribution in [0.4, 0.5) is 4.79 Å². The van der Waals surface area contributed by atoms with Gasteiger partial charge in [0.05, 0.1) is 0 Å². The summed E-state index contributed by atoms with van der Waals surface area (Å²) in [6.45, 7) is 6.75. The van der Waals surface area contributed by atoms with Gasteiger partial charge in [-0.25, -0.2) is 4.79 Å². The van der Waals surface area contributed by atoms with Crippen LogP contribution < -0.4 is 0 Å². The number of piperidine rings is 1. The zero-order chi connectivity index (χ0) is 15.4. The summed E-state index contributed by atoms with van der Waals surface area (Å²) < 4.78 is 0. The zero-order valence-corrected chi connectivity index (χ0v) is 14.0. The Kier molecular flexibility index (Phi) is 5.58. The normalized spacial score (nSPS) is 29.5. The van der Waals surface area contributed by atoms with Crippen molar-refractivity contribution in [2.24, 2.45) is 0 Å². The molecule has 0 bridgehead atoms. The molecule has 0 radical (unpaired) electrons. The first-order valence-electron chi connectivity index (χ1n) is 9.21. The van der Waals surface area contributed by atoms with E-state index in [4.69, 9.17) is 4.84 Å². The van der Waals surface area contributed by atoms with Crippen LogP contribution in [0, 0.1) is 0 Å². The minimum atomic E-state index is -0.140. The predicted molar refractivity (Wildman–Crippen MR) is 86.5 cm³/mol. The predicted octanol–water partition coefficient (Wildman–Crippen LogP) is 2.86.